The molecule has 8 nitrogen and oxygen atoms in total. The zero-order valence-corrected chi connectivity index (χ0v) is 14.2. The van der Waals surface area contributed by atoms with Crippen LogP contribution in [0.25, 0.3) is 11.2 Å². The number of hydrogen-bond acceptors (Lipinski definition) is 6. The van der Waals surface area contributed by atoms with E-state index in [0.717, 1.165) is 9.44 Å². The molecule has 0 amide bonds. The molecule has 0 spiro atoms. The summed E-state index contributed by atoms with van der Waals surface area (Å²) in [5, 5.41) is 12.1. The first-order valence-corrected chi connectivity index (χ1v) is 8.26. The Kier molecular flexibility index (Phi) is 4.65. The van der Waals surface area contributed by atoms with E-state index in [1.54, 1.807) is 23.0 Å². The van der Waals surface area contributed by atoms with Gasteiger partial charge >= 0.3 is 5.69 Å². The third-order valence-corrected chi connectivity index (χ3v) is 4.61. The van der Waals surface area contributed by atoms with Gasteiger partial charge in [0, 0.05) is 19.0 Å². The third kappa shape index (κ3) is 3.05. The molecule has 0 unspecified atom stereocenters. The molecule has 0 fully saturated rings. The molecule has 0 aliphatic heterocycles. The van der Waals surface area contributed by atoms with E-state index >= 15 is 0 Å². The molecule has 3 aromatic rings. The third-order valence-electron chi connectivity index (χ3n) is 3.76. The predicted molar refractivity (Wildman–Crippen MR) is 90.2 cm³/mol. The standard InChI is InChI=1S/C15H18N4O4S/c1-17-13-12(14(21)18(2)15(17)22)19(9-16-13)6-10(20)7-23-8-11-4-3-5-24-11/h3-5,9-10,20H,6-8H2,1-2H3/t10-/m0/s1. The van der Waals surface area contributed by atoms with Gasteiger partial charge in [0.05, 0.1) is 32.2 Å². The number of aryl methyl sites for hydroxylation is 1. The molecule has 3 rings (SSSR count). The van der Waals surface area contributed by atoms with Gasteiger partial charge in [-0.25, -0.2) is 9.78 Å². The number of nitrogens with zero attached hydrogens (tertiary/aromatic N) is 4. The molecule has 0 aliphatic rings. The van der Waals surface area contributed by atoms with Crippen molar-refractivity contribution in [1.29, 1.82) is 0 Å². The Hall–Kier alpha value is -2.23. The lowest BCUT2D eigenvalue weighted by molar-refractivity contribution is 0.0218. The van der Waals surface area contributed by atoms with Crippen LogP contribution in [0.4, 0.5) is 0 Å². The zero-order chi connectivity index (χ0) is 17.3. The van der Waals surface area contributed by atoms with Crippen LogP contribution in [0.1, 0.15) is 4.88 Å². The smallest absolute Gasteiger partial charge is 0.332 e. The first-order chi connectivity index (χ1) is 11.5. The molecule has 1 N–H and O–H groups in total. The second kappa shape index (κ2) is 6.71. The molecule has 9 heteroatoms. The Balaban J connectivity index is 1.75. The second-order valence-corrected chi connectivity index (χ2v) is 6.56. The summed E-state index contributed by atoms with van der Waals surface area (Å²) in [6.45, 7) is 0.744. The van der Waals surface area contributed by atoms with Gasteiger partial charge in [-0.2, -0.15) is 0 Å². The lowest BCUT2D eigenvalue weighted by Gasteiger charge is -2.12. The Morgan fingerprint density at radius 1 is 1.33 bits per heavy atom. The van der Waals surface area contributed by atoms with E-state index in [9.17, 15) is 14.7 Å². The van der Waals surface area contributed by atoms with E-state index in [4.69, 9.17) is 4.74 Å². The van der Waals surface area contributed by atoms with Crippen LogP contribution in [-0.4, -0.2) is 36.5 Å². The van der Waals surface area contributed by atoms with Crippen LogP contribution in [0, 0.1) is 0 Å². The molecule has 128 valence electrons. The molecule has 0 saturated heterocycles. The maximum Gasteiger partial charge on any atom is 0.332 e. The van der Waals surface area contributed by atoms with Gasteiger partial charge in [0.1, 0.15) is 0 Å². The Bertz CT molecular complexity index is 954. The number of aliphatic hydroxyl groups excluding tert-OH is 1. The van der Waals surface area contributed by atoms with Crippen molar-refractivity contribution in [3.63, 3.8) is 0 Å². The number of aromatic nitrogens is 4. The molecule has 3 heterocycles. The highest BCUT2D eigenvalue weighted by Crippen LogP contribution is 2.10. The summed E-state index contributed by atoms with van der Waals surface area (Å²) in [7, 11) is 2.98. The SMILES string of the molecule is Cn1c(=O)c2c(ncn2C[C@H](O)COCc2cccs2)n(C)c1=O. The number of thiophene rings is 1. The van der Waals surface area contributed by atoms with Crippen molar-refractivity contribution in [2.24, 2.45) is 14.1 Å². The Morgan fingerprint density at radius 2 is 2.12 bits per heavy atom. The topological polar surface area (TPSA) is 91.3 Å². The van der Waals surface area contributed by atoms with Gasteiger partial charge in [-0.3, -0.25) is 13.9 Å². The molecule has 1 atom stereocenters. The van der Waals surface area contributed by atoms with E-state index in [2.05, 4.69) is 4.98 Å². The molecule has 0 aromatic carbocycles. The highest BCUT2D eigenvalue weighted by Gasteiger charge is 2.16. The minimum atomic E-state index is -0.788. The van der Waals surface area contributed by atoms with Crippen LogP contribution in [0.5, 0.6) is 0 Å². The maximum atomic E-state index is 12.3. The normalized spacial score (nSPS) is 12.8. The average molecular weight is 350 g/mol. The number of ether oxygens (including phenoxy) is 1. The fourth-order valence-corrected chi connectivity index (χ4v) is 3.15. The summed E-state index contributed by atoms with van der Waals surface area (Å²) < 4.78 is 9.38. The van der Waals surface area contributed by atoms with Gasteiger partial charge in [-0.05, 0) is 11.4 Å². The Morgan fingerprint density at radius 3 is 2.83 bits per heavy atom. The first-order valence-electron chi connectivity index (χ1n) is 7.38. The van der Waals surface area contributed by atoms with Gasteiger partial charge in [-0.15, -0.1) is 11.3 Å². The van der Waals surface area contributed by atoms with Crippen molar-refractivity contribution in [2.75, 3.05) is 6.61 Å². The van der Waals surface area contributed by atoms with Crippen LogP contribution in [0.15, 0.2) is 33.4 Å². The fraction of sp³-hybridized carbons (Fsp3) is 0.400. The number of imidazole rings is 1. The number of rotatable bonds is 6. The van der Waals surface area contributed by atoms with Gasteiger partial charge in [0.25, 0.3) is 5.56 Å². The van der Waals surface area contributed by atoms with Crippen LogP contribution in [0.3, 0.4) is 0 Å². The fourth-order valence-electron chi connectivity index (χ4n) is 2.51. The highest BCUT2D eigenvalue weighted by molar-refractivity contribution is 7.09. The van der Waals surface area contributed by atoms with Gasteiger partial charge in [0.2, 0.25) is 0 Å². The minimum Gasteiger partial charge on any atom is -0.389 e. The summed E-state index contributed by atoms with van der Waals surface area (Å²) in [6, 6.07) is 3.90. The molecule has 0 saturated carbocycles. The van der Waals surface area contributed by atoms with Crippen molar-refractivity contribution in [1.82, 2.24) is 18.7 Å². The summed E-state index contributed by atoms with van der Waals surface area (Å²) in [5.74, 6) is 0. The molecule has 0 radical (unpaired) electrons. The van der Waals surface area contributed by atoms with Gasteiger partial charge < -0.3 is 14.4 Å². The van der Waals surface area contributed by atoms with Crippen molar-refractivity contribution in [3.8, 4) is 0 Å². The minimum absolute atomic E-state index is 0.143. The first kappa shape index (κ1) is 16.6. The Labute approximate surface area is 141 Å². The van der Waals surface area contributed by atoms with Gasteiger partial charge in [0.15, 0.2) is 11.2 Å². The zero-order valence-electron chi connectivity index (χ0n) is 13.4. The number of hydrogen-bond donors (Lipinski definition) is 1. The summed E-state index contributed by atoms with van der Waals surface area (Å²) in [6.07, 6.45) is 0.665. The van der Waals surface area contributed by atoms with Crippen LogP contribution < -0.4 is 11.2 Å². The van der Waals surface area contributed by atoms with Crippen molar-refractivity contribution in [3.05, 3.63) is 49.6 Å². The van der Waals surface area contributed by atoms with Crippen molar-refractivity contribution in [2.45, 2.75) is 19.3 Å². The molecular formula is C15H18N4O4S. The second-order valence-electron chi connectivity index (χ2n) is 5.52. The highest BCUT2D eigenvalue weighted by atomic mass is 32.1. The van der Waals surface area contributed by atoms with Crippen LogP contribution in [0.2, 0.25) is 0 Å². The number of fused-ring (bicyclic) bond motifs is 1. The van der Waals surface area contributed by atoms with E-state index < -0.39 is 17.4 Å². The quantitative estimate of drug-likeness (QED) is 0.679. The average Bonchev–Trinajstić information content (AvgIpc) is 3.21. The van der Waals surface area contributed by atoms with E-state index in [1.165, 1.54) is 17.9 Å². The molecule has 0 bridgehead atoms. The van der Waals surface area contributed by atoms with Crippen molar-refractivity contribution >= 4 is 22.5 Å². The van der Waals surface area contributed by atoms with E-state index in [-0.39, 0.29) is 18.7 Å². The predicted octanol–water partition coefficient (Wildman–Crippen LogP) is 0.0729. The summed E-state index contributed by atoms with van der Waals surface area (Å²) in [5.41, 5.74) is -0.276. The largest absolute Gasteiger partial charge is 0.389 e. The lowest BCUT2D eigenvalue weighted by atomic mass is 10.3. The molecular weight excluding hydrogens is 332 g/mol. The summed E-state index contributed by atoms with van der Waals surface area (Å²) >= 11 is 1.59. The van der Waals surface area contributed by atoms with Crippen LogP contribution >= 0.6 is 11.3 Å². The summed E-state index contributed by atoms with van der Waals surface area (Å²) in [4.78, 5) is 29.4. The monoisotopic (exact) mass is 350 g/mol. The van der Waals surface area contributed by atoms with Crippen molar-refractivity contribution < 1.29 is 9.84 Å². The molecule has 0 aliphatic carbocycles. The van der Waals surface area contributed by atoms with E-state index in [1.807, 2.05) is 17.5 Å². The van der Waals surface area contributed by atoms with E-state index in [0.29, 0.717) is 12.3 Å². The van der Waals surface area contributed by atoms with Gasteiger partial charge in [-0.1, -0.05) is 6.07 Å². The molecule has 24 heavy (non-hydrogen) atoms. The van der Waals surface area contributed by atoms with Crippen LogP contribution in [-0.2, 0) is 32.0 Å². The number of aliphatic hydroxyl groups is 1. The molecule has 3 aromatic heterocycles. The lowest BCUT2D eigenvalue weighted by Crippen LogP contribution is -2.38. The maximum absolute atomic E-state index is 12.3.